The van der Waals surface area contributed by atoms with Gasteiger partial charge in [0.2, 0.25) is 0 Å². The van der Waals surface area contributed by atoms with E-state index in [4.69, 9.17) is 0 Å². The van der Waals surface area contributed by atoms with Crippen LogP contribution < -0.4 is 5.56 Å². The van der Waals surface area contributed by atoms with E-state index >= 15 is 0 Å². The molecule has 1 aromatic heterocycles. The molecule has 1 atom stereocenters. The quantitative estimate of drug-likeness (QED) is 0.546. The van der Waals surface area contributed by atoms with Crippen LogP contribution in [0.3, 0.4) is 0 Å². The molecule has 2 aromatic rings. The molecule has 8 nitrogen and oxygen atoms in total. The number of benzene rings is 1. The van der Waals surface area contributed by atoms with Crippen molar-refractivity contribution in [3.63, 3.8) is 0 Å². The number of pyridine rings is 1. The molecule has 3 fully saturated rings. The minimum absolute atomic E-state index is 0.0483. The van der Waals surface area contributed by atoms with E-state index in [0.717, 1.165) is 37.8 Å². The lowest BCUT2D eigenvalue weighted by Gasteiger charge is -2.53. The standard InChI is InChI=1S/C33H46N4O4/c1-34(2)30(39)28-22-37(29(38)20-27(28)26-14-8-5-9-15-26)24-33(41)18-19-36(23-32(33)16-10-11-17-32)31(40)35(3)21-25-12-6-4-7-13-25/h5,8-9,14-15,20,22,25,41H,4,6-7,10-13,16-19,21,23-24H2,1-3H3. The third kappa shape index (κ3) is 5.94. The second-order valence-electron chi connectivity index (χ2n) is 13.0. The van der Waals surface area contributed by atoms with Gasteiger partial charge in [-0.1, -0.05) is 62.4 Å². The lowest BCUT2D eigenvalue weighted by Crippen LogP contribution is -2.63. The molecule has 1 unspecified atom stereocenters. The maximum Gasteiger partial charge on any atom is 0.319 e. The van der Waals surface area contributed by atoms with E-state index in [0.29, 0.717) is 36.6 Å². The van der Waals surface area contributed by atoms with Crippen molar-refractivity contribution in [2.75, 3.05) is 40.8 Å². The Bertz CT molecular complexity index is 1290. The number of amides is 3. The molecule has 1 N–H and O–H groups in total. The summed E-state index contributed by atoms with van der Waals surface area (Å²) in [5.41, 5.74) is -0.0471. The first kappa shape index (κ1) is 29.4. The first-order valence-corrected chi connectivity index (χ1v) is 15.4. The lowest BCUT2D eigenvalue weighted by atomic mass is 9.66. The van der Waals surface area contributed by atoms with Crippen LogP contribution in [-0.4, -0.2) is 82.7 Å². The van der Waals surface area contributed by atoms with Crippen molar-refractivity contribution in [1.29, 1.82) is 0 Å². The number of aromatic nitrogens is 1. The average molecular weight is 563 g/mol. The number of carbonyl (C=O) groups is 2. The molecule has 2 aliphatic carbocycles. The summed E-state index contributed by atoms with van der Waals surface area (Å²) in [4.78, 5) is 45.6. The zero-order chi connectivity index (χ0) is 29.2. The first-order valence-electron chi connectivity index (χ1n) is 15.4. The molecule has 3 amide bonds. The predicted octanol–water partition coefficient (Wildman–Crippen LogP) is 4.85. The summed E-state index contributed by atoms with van der Waals surface area (Å²) < 4.78 is 1.52. The molecule has 222 valence electrons. The fourth-order valence-corrected chi connectivity index (χ4v) is 7.58. The summed E-state index contributed by atoms with van der Waals surface area (Å²) in [6.45, 7) is 1.84. The van der Waals surface area contributed by atoms with Gasteiger partial charge in [-0.05, 0) is 43.6 Å². The van der Waals surface area contributed by atoms with Crippen molar-refractivity contribution in [3.8, 4) is 11.1 Å². The molecule has 1 spiro atoms. The van der Waals surface area contributed by atoms with Gasteiger partial charge in [-0.25, -0.2) is 4.79 Å². The van der Waals surface area contributed by atoms with Crippen LogP contribution in [0, 0.1) is 11.3 Å². The minimum Gasteiger partial charge on any atom is -0.387 e. The summed E-state index contributed by atoms with van der Waals surface area (Å²) in [6.07, 6.45) is 11.8. The van der Waals surface area contributed by atoms with Crippen LogP contribution >= 0.6 is 0 Å². The largest absolute Gasteiger partial charge is 0.387 e. The molecule has 41 heavy (non-hydrogen) atoms. The second-order valence-corrected chi connectivity index (χ2v) is 13.0. The zero-order valence-electron chi connectivity index (χ0n) is 25.0. The van der Waals surface area contributed by atoms with Crippen molar-refractivity contribution in [3.05, 3.63) is 58.5 Å². The Balaban J connectivity index is 1.40. The highest BCUT2D eigenvalue weighted by molar-refractivity contribution is 6.00. The Morgan fingerprint density at radius 2 is 1.66 bits per heavy atom. The number of urea groups is 1. The normalized spacial score (nSPS) is 22.6. The molecule has 1 aliphatic heterocycles. The van der Waals surface area contributed by atoms with Gasteiger partial charge in [-0.15, -0.1) is 0 Å². The van der Waals surface area contributed by atoms with E-state index in [1.165, 1.54) is 47.6 Å². The Labute approximate surface area is 243 Å². The number of carbonyl (C=O) groups excluding carboxylic acids is 2. The Kier molecular flexibility index (Phi) is 8.60. The number of nitrogens with zero attached hydrogens (tertiary/aromatic N) is 4. The van der Waals surface area contributed by atoms with Crippen molar-refractivity contribution >= 4 is 11.9 Å². The molecule has 2 heterocycles. The van der Waals surface area contributed by atoms with Gasteiger partial charge >= 0.3 is 6.03 Å². The molecule has 5 rings (SSSR count). The summed E-state index contributed by atoms with van der Waals surface area (Å²) in [6, 6.07) is 11.0. The highest BCUT2D eigenvalue weighted by atomic mass is 16.3. The van der Waals surface area contributed by atoms with Crippen LogP contribution in [0.25, 0.3) is 11.1 Å². The lowest BCUT2D eigenvalue weighted by molar-refractivity contribution is -0.136. The van der Waals surface area contributed by atoms with Crippen LogP contribution in [0.1, 0.15) is 74.6 Å². The van der Waals surface area contributed by atoms with Crippen LogP contribution in [0.2, 0.25) is 0 Å². The van der Waals surface area contributed by atoms with Gasteiger partial charge in [0, 0.05) is 64.0 Å². The van der Waals surface area contributed by atoms with Crippen LogP contribution in [-0.2, 0) is 6.54 Å². The van der Waals surface area contributed by atoms with Crippen molar-refractivity contribution in [1.82, 2.24) is 19.3 Å². The summed E-state index contributed by atoms with van der Waals surface area (Å²) in [7, 11) is 5.31. The Morgan fingerprint density at radius 1 is 0.976 bits per heavy atom. The molecule has 3 aliphatic rings. The Morgan fingerprint density at radius 3 is 2.32 bits per heavy atom. The molecule has 2 saturated carbocycles. The van der Waals surface area contributed by atoms with Crippen molar-refractivity contribution in [2.45, 2.75) is 76.4 Å². The van der Waals surface area contributed by atoms with Crippen molar-refractivity contribution < 1.29 is 14.7 Å². The van der Waals surface area contributed by atoms with Gasteiger partial charge in [-0.2, -0.15) is 0 Å². The van der Waals surface area contributed by atoms with Gasteiger partial charge < -0.3 is 24.4 Å². The molecule has 0 radical (unpaired) electrons. The highest BCUT2D eigenvalue weighted by Gasteiger charge is 2.56. The van der Waals surface area contributed by atoms with E-state index in [1.807, 2.05) is 47.2 Å². The fourth-order valence-electron chi connectivity index (χ4n) is 7.58. The van der Waals surface area contributed by atoms with Gasteiger partial charge in [-0.3, -0.25) is 9.59 Å². The van der Waals surface area contributed by atoms with Crippen molar-refractivity contribution in [2.24, 2.45) is 11.3 Å². The Hall–Kier alpha value is -3.13. The second kappa shape index (κ2) is 12.0. The van der Waals surface area contributed by atoms with Crippen LogP contribution in [0.4, 0.5) is 4.79 Å². The third-order valence-electron chi connectivity index (χ3n) is 9.97. The van der Waals surface area contributed by atoms with Gasteiger partial charge in [0.15, 0.2) is 0 Å². The van der Waals surface area contributed by atoms with E-state index in [-0.39, 0.29) is 24.0 Å². The zero-order valence-corrected chi connectivity index (χ0v) is 25.0. The maximum atomic E-state index is 13.6. The summed E-state index contributed by atoms with van der Waals surface area (Å²) in [5, 5.41) is 12.3. The highest BCUT2D eigenvalue weighted by Crippen LogP contribution is 2.51. The molecule has 1 aromatic carbocycles. The average Bonchev–Trinajstić information content (AvgIpc) is 3.45. The predicted molar refractivity (Wildman–Crippen MR) is 161 cm³/mol. The molecule has 0 bridgehead atoms. The molecular formula is C33H46N4O4. The SMILES string of the molecule is CN(C)C(=O)c1cn(CC2(O)CCN(C(=O)N(C)CC3CCCCC3)CC23CCCC3)c(=O)cc1-c1ccccc1. The molecule has 8 heteroatoms. The maximum absolute atomic E-state index is 13.6. The van der Waals surface area contributed by atoms with Crippen LogP contribution in [0.15, 0.2) is 47.4 Å². The monoisotopic (exact) mass is 562 g/mol. The number of rotatable bonds is 6. The fraction of sp³-hybridized carbons (Fsp3) is 0.606. The molecule has 1 saturated heterocycles. The first-order chi connectivity index (χ1) is 19.6. The topological polar surface area (TPSA) is 86.1 Å². The smallest absolute Gasteiger partial charge is 0.319 e. The van der Waals surface area contributed by atoms with Gasteiger partial charge in [0.1, 0.15) is 0 Å². The van der Waals surface area contributed by atoms with Gasteiger partial charge in [0.25, 0.3) is 11.5 Å². The number of hydrogen-bond donors (Lipinski definition) is 1. The molecular weight excluding hydrogens is 516 g/mol. The van der Waals surface area contributed by atoms with Gasteiger partial charge in [0.05, 0.1) is 17.7 Å². The summed E-state index contributed by atoms with van der Waals surface area (Å²) in [5.74, 6) is 0.381. The number of likely N-dealkylation sites (tertiary alicyclic amines) is 1. The number of piperidine rings is 1. The van der Waals surface area contributed by atoms with E-state index in [1.54, 1.807) is 20.3 Å². The minimum atomic E-state index is -1.15. The number of aliphatic hydroxyl groups is 1. The van der Waals surface area contributed by atoms with E-state index < -0.39 is 11.0 Å². The van der Waals surface area contributed by atoms with E-state index in [9.17, 15) is 19.5 Å². The number of hydrogen-bond acceptors (Lipinski definition) is 4. The summed E-state index contributed by atoms with van der Waals surface area (Å²) >= 11 is 0. The third-order valence-corrected chi connectivity index (χ3v) is 9.97. The van der Waals surface area contributed by atoms with E-state index in [2.05, 4.69) is 0 Å². The van der Waals surface area contributed by atoms with Crippen LogP contribution in [0.5, 0.6) is 0 Å².